The number of nitrogens with one attached hydrogen (secondary N) is 1. The largest absolute Gasteiger partial charge is 0.494 e. The van der Waals surface area contributed by atoms with Crippen molar-refractivity contribution in [1.29, 1.82) is 0 Å². The Kier molecular flexibility index (Phi) is 6.23. The maximum absolute atomic E-state index is 12.6. The lowest BCUT2D eigenvalue weighted by atomic mass is 10.0. The highest BCUT2D eigenvalue weighted by molar-refractivity contribution is 7.89. The monoisotopic (exact) mass is 354 g/mol. The van der Waals surface area contributed by atoms with Gasteiger partial charge in [-0.1, -0.05) is 13.8 Å². The summed E-state index contributed by atoms with van der Waals surface area (Å²) in [5, 5.41) is 0. The van der Waals surface area contributed by atoms with Crippen LogP contribution in [0.15, 0.2) is 29.2 Å². The molecule has 0 radical (unpaired) electrons. The third-order valence-corrected chi connectivity index (χ3v) is 5.53. The van der Waals surface area contributed by atoms with Gasteiger partial charge in [0.05, 0.1) is 11.5 Å². The van der Waals surface area contributed by atoms with E-state index < -0.39 is 16.1 Å². The average Bonchev–Trinajstić information content (AvgIpc) is 3.07. The van der Waals surface area contributed by atoms with Crippen LogP contribution in [0.3, 0.4) is 0 Å². The third kappa shape index (κ3) is 4.48. The molecule has 0 saturated carbocycles. The topological polar surface area (TPSA) is 75.7 Å². The van der Waals surface area contributed by atoms with Crippen molar-refractivity contribution in [3.63, 3.8) is 0 Å². The van der Waals surface area contributed by atoms with Gasteiger partial charge < -0.3 is 9.64 Å². The highest BCUT2D eigenvalue weighted by Gasteiger charge is 2.32. The highest BCUT2D eigenvalue weighted by atomic mass is 32.2. The number of sulfonamides is 1. The predicted molar refractivity (Wildman–Crippen MR) is 92.4 cm³/mol. The summed E-state index contributed by atoms with van der Waals surface area (Å²) in [5.41, 5.74) is 0. The summed E-state index contributed by atoms with van der Waals surface area (Å²) < 4.78 is 33.1. The number of carbonyl (C=O) groups excluding carboxylic acids is 1. The molecule has 1 amide bonds. The van der Waals surface area contributed by atoms with E-state index in [0.29, 0.717) is 25.4 Å². The fraction of sp³-hybridized carbons (Fsp3) is 0.588. The van der Waals surface area contributed by atoms with Crippen LogP contribution in [-0.4, -0.2) is 45.0 Å². The molecule has 0 aliphatic carbocycles. The Bertz CT molecular complexity index is 650. The van der Waals surface area contributed by atoms with Crippen LogP contribution in [0.25, 0.3) is 0 Å². The fourth-order valence-electron chi connectivity index (χ4n) is 2.72. The van der Waals surface area contributed by atoms with Crippen LogP contribution < -0.4 is 9.46 Å². The van der Waals surface area contributed by atoms with E-state index in [1.165, 1.54) is 12.1 Å². The Balaban J connectivity index is 2.15. The smallest absolute Gasteiger partial charge is 0.241 e. The molecule has 2 rings (SSSR count). The summed E-state index contributed by atoms with van der Waals surface area (Å²) in [6.45, 7) is 7.48. The molecule has 1 atom stereocenters. The molecule has 134 valence electrons. The van der Waals surface area contributed by atoms with Crippen LogP contribution >= 0.6 is 0 Å². The zero-order chi connectivity index (χ0) is 17.7. The molecule has 1 aromatic rings. The van der Waals surface area contributed by atoms with Crippen molar-refractivity contribution >= 4 is 15.9 Å². The van der Waals surface area contributed by atoms with E-state index in [4.69, 9.17) is 4.74 Å². The second-order valence-corrected chi connectivity index (χ2v) is 7.99. The lowest BCUT2D eigenvalue weighted by Gasteiger charge is -2.26. The van der Waals surface area contributed by atoms with Crippen LogP contribution in [0.1, 0.15) is 33.6 Å². The molecule has 1 aromatic carbocycles. The van der Waals surface area contributed by atoms with Gasteiger partial charge >= 0.3 is 0 Å². The molecule has 0 aromatic heterocycles. The van der Waals surface area contributed by atoms with Gasteiger partial charge in [0, 0.05) is 13.1 Å². The summed E-state index contributed by atoms with van der Waals surface area (Å²) >= 11 is 0. The fourth-order valence-corrected chi connectivity index (χ4v) is 4.06. The lowest BCUT2D eigenvalue weighted by molar-refractivity contribution is -0.132. The number of carbonyl (C=O) groups is 1. The first-order valence-corrected chi connectivity index (χ1v) is 9.87. The number of ether oxygens (including phenoxy) is 1. The average molecular weight is 354 g/mol. The summed E-state index contributed by atoms with van der Waals surface area (Å²) in [7, 11) is -3.76. The van der Waals surface area contributed by atoms with Crippen molar-refractivity contribution in [2.45, 2.75) is 44.6 Å². The van der Waals surface area contributed by atoms with E-state index in [1.54, 1.807) is 17.0 Å². The predicted octanol–water partition coefficient (Wildman–Crippen LogP) is 2.01. The van der Waals surface area contributed by atoms with Gasteiger partial charge in [-0.25, -0.2) is 8.42 Å². The summed E-state index contributed by atoms with van der Waals surface area (Å²) in [6, 6.07) is 5.46. The van der Waals surface area contributed by atoms with Crippen molar-refractivity contribution in [3.05, 3.63) is 24.3 Å². The van der Waals surface area contributed by atoms with E-state index in [2.05, 4.69) is 4.72 Å². The van der Waals surface area contributed by atoms with E-state index in [1.807, 2.05) is 20.8 Å². The third-order valence-electron chi connectivity index (χ3n) is 4.08. The molecular formula is C17H26N2O4S. The number of hydrogen-bond donors (Lipinski definition) is 1. The molecule has 7 heteroatoms. The molecule has 1 heterocycles. The number of nitrogens with zero attached hydrogens (tertiary/aromatic N) is 1. The Morgan fingerprint density at radius 3 is 2.29 bits per heavy atom. The van der Waals surface area contributed by atoms with Crippen molar-refractivity contribution in [2.24, 2.45) is 5.92 Å². The first kappa shape index (κ1) is 18.7. The molecule has 1 aliphatic rings. The number of likely N-dealkylation sites (tertiary alicyclic amines) is 1. The first-order valence-electron chi connectivity index (χ1n) is 8.39. The Morgan fingerprint density at radius 2 is 1.79 bits per heavy atom. The van der Waals surface area contributed by atoms with E-state index in [9.17, 15) is 13.2 Å². The number of benzene rings is 1. The van der Waals surface area contributed by atoms with E-state index in [-0.39, 0.29) is 16.7 Å². The van der Waals surface area contributed by atoms with Crippen molar-refractivity contribution in [1.82, 2.24) is 9.62 Å². The Hall–Kier alpha value is -1.60. The number of rotatable bonds is 7. The number of amides is 1. The van der Waals surface area contributed by atoms with Gasteiger partial charge in [0.1, 0.15) is 11.8 Å². The maximum atomic E-state index is 12.6. The second kappa shape index (κ2) is 7.98. The Morgan fingerprint density at radius 1 is 1.21 bits per heavy atom. The molecular weight excluding hydrogens is 328 g/mol. The molecule has 0 spiro atoms. The molecule has 1 aliphatic heterocycles. The van der Waals surface area contributed by atoms with Crippen LogP contribution in [0.5, 0.6) is 5.75 Å². The van der Waals surface area contributed by atoms with Gasteiger partial charge in [-0.2, -0.15) is 4.72 Å². The zero-order valence-corrected chi connectivity index (χ0v) is 15.3. The summed E-state index contributed by atoms with van der Waals surface area (Å²) in [5.74, 6) is 0.345. The first-order chi connectivity index (χ1) is 11.3. The SMILES string of the molecule is CCOc1ccc(S(=O)(=O)N[C@@H](C(=O)N2CCCC2)C(C)C)cc1. The highest BCUT2D eigenvalue weighted by Crippen LogP contribution is 2.19. The van der Waals surface area contributed by atoms with Gasteiger partial charge in [0.25, 0.3) is 0 Å². The Labute approximate surface area is 144 Å². The van der Waals surface area contributed by atoms with Crippen molar-refractivity contribution in [2.75, 3.05) is 19.7 Å². The molecule has 24 heavy (non-hydrogen) atoms. The van der Waals surface area contributed by atoms with Gasteiger partial charge in [-0.15, -0.1) is 0 Å². The quantitative estimate of drug-likeness (QED) is 0.813. The second-order valence-electron chi connectivity index (χ2n) is 6.28. The standard InChI is InChI=1S/C17H26N2O4S/c1-4-23-14-7-9-15(10-8-14)24(21,22)18-16(13(2)3)17(20)19-11-5-6-12-19/h7-10,13,16,18H,4-6,11-12H2,1-3H3/t16-/m1/s1. The van der Waals surface area contributed by atoms with Crippen LogP contribution in [0.4, 0.5) is 0 Å². The van der Waals surface area contributed by atoms with Crippen molar-refractivity contribution < 1.29 is 17.9 Å². The number of hydrogen-bond acceptors (Lipinski definition) is 4. The van der Waals surface area contributed by atoms with Crippen LogP contribution in [0.2, 0.25) is 0 Å². The molecule has 0 unspecified atom stereocenters. The molecule has 0 bridgehead atoms. The summed E-state index contributed by atoms with van der Waals surface area (Å²) in [6.07, 6.45) is 1.95. The van der Waals surface area contributed by atoms with E-state index >= 15 is 0 Å². The van der Waals surface area contributed by atoms with Gasteiger partial charge in [-0.3, -0.25) is 4.79 Å². The normalized spacial score (nSPS) is 16.4. The molecule has 6 nitrogen and oxygen atoms in total. The van der Waals surface area contributed by atoms with Gasteiger partial charge in [0.2, 0.25) is 15.9 Å². The zero-order valence-electron chi connectivity index (χ0n) is 14.5. The molecule has 1 N–H and O–H groups in total. The van der Waals surface area contributed by atoms with Gasteiger partial charge in [0.15, 0.2) is 0 Å². The lowest BCUT2D eigenvalue weighted by Crippen LogP contribution is -2.50. The summed E-state index contributed by atoms with van der Waals surface area (Å²) in [4.78, 5) is 14.5. The van der Waals surface area contributed by atoms with Crippen molar-refractivity contribution in [3.8, 4) is 5.75 Å². The molecule has 1 saturated heterocycles. The minimum absolute atomic E-state index is 0.129. The minimum Gasteiger partial charge on any atom is -0.494 e. The van der Waals surface area contributed by atoms with Gasteiger partial charge in [-0.05, 0) is 49.9 Å². The molecule has 1 fully saturated rings. The van der Waals surface area contributed by atoms with Crippen LogP contribution in [-0.2, 0) is 14.8 Å². The van der Waals surface area contributed by atoms with E-state index in [0.717, 1.165) is 12.8 Å². The maximum Gasteiger partial charge on any atom is 0.241 e. The van der Waals surface area contributed by atoms with Crippen LogP contribution in [0, 0.1) is 5.92 Å². The minimum atomic E-state index is -3.76.